The molecule has 0 saturated carbocycles. The molecule has 2 aromatic heterocycles. The van der Waals surface area contributed by atoms with Crippen molar-refractivity contribution in [2.75, 3.05) is 0 Å². The minimum Gasteiger partial charge on any atom is -0.386 e. The van der Waals surface area contributed by atoms with Crippen molar-refractivity contribution in [2.24, 2.45) is 0 Å². The summed E-state index contributed by atoms with van der Waals surface area (Å²) in [6.45, 7) is 3.96. The third-order valence-corrected chi connectivity index (χ3v) is 3.23. The predicted octanol–water partition coefficient (Wildman–Crippen LogP) is 3.13. The van der Waals surface area contributed by atoms with Crippen LogP contribution in [0.4, 0.5) is 0 Å². The number of aromatic nitrogens is 2. The molecule has 0 saturated heterocycles. The van der Waals surface area contributed by atoms with Crippen LogP contribution in [0.5, 0.6) is 0 Å². The van der Waals surface area contributed by atoms with Gasteiger partial charge in [-0.3, -0.25) is 9.97 Å². The predicted molar refractivity (Wildman–Crippen MR) is 74.3 cm³/mol. The summed E-state index contributed by atoms with van der Waals surface area (Å²) in [4.78, 5) is 8.56. The monoisotopic (exact) mass is 306 g/mol. The van der Waals surface area contributed by atoms with E-state index in [9.17, 15) is 5.11 Å². The molecule has 94 valence electrons. The maximum absolute atomic E-state index is 10.2. The van der Waals surface area contributed by atoms with Gasteiger partial charge in [0.2, 0.25) is 0 Å². The van der Waals surface area contributed by atoms with Gasteiger partial charge >= 0.3 is 0 Å². The van der Waals surface area contributed by atoms with E-state index < -0.39 is 6.10 Å². The Labute approximate surface area is 115 Å². The zero-order chi connectivity index (χ0) is 13.1. The van der Waals surface area contributed by atoms with Crippen LogP contribution in [0.15, 0.2) is 35.1 Å². The van der Waals surface area contributed by atoms with E-state index in [1.165, 1.54) is 0 Å². The van der Waals surface area contributed by atoms with Gasteiger partial charge in [0, 0.05) is 29.0 Å². The summed E-state index contributed by atoms with van der Waals surface area (Å²) in [6, 6.07) is 5.85. The summed E-state index contributed by atoms with van der Waals surface area (Å²) in [5, 5.41) is 10.2. The van der Waals surface area contributed by atoms with Crippen molar-refractivity contribution in [1.29, 1.82) is 0 Å². The smallest absolute Gasteiger partial charge is 0.102 e. The second-order valence-electron chi connectivity index (χ2n) is 4.40. The van der Waals surface area contributed by atoms with Gasteiger partial charge in [-0.2, -0.15) is 0 Å². The molecule has 0 aliphatic rings. The molecule has 0 bridgehead atoms. The lowest BCUT2D eigenvalue weighted by Gasteiger charge is -2.12. The molecule has 0 radical (unpaired) electrons. The first kappa shape index (κ1) is 13.2. The highest BCUT2D eigenvalue weighted by atomic mass is 79.9. The van der Waals surface area contributed by atoms with Gasteiger partial charge in [-0.05, 0) is 53.0 Å². The SMILES string of the molecule is Cc1cnc(C(O)Cc2ccc(Br)cn2)c(C)c1. The minimum absolute atomic E-state index is 0.476. The quantitative estimate of drug-likeness (QED) is 0.947. The van der Waals surface area contributed by atoms with E-state index in [-0.39, 0.29) is 0 Å². The summed E-state index contributed by atoms with van der Waals surface area (Å²) in [5.41, 5.74) is 3.70. The normalized spacial score (nSPS) is 12.4. The molecule has 2 rings (SSSR count). The highest BCUT2D eigenvalue weighted by Gasteiger charge is 2.13. The fraction of sp³-hybridized carbons (Fsp3) is 0.286. The van der Waals surface area contributed by atoms with Crippen molar-refractivity contribution in [3.05, 3.63) is 57.6 Å². The number of hydrogen-bond donors (Lipinski definition) is 1. The molecule has 2 heterocycles. The molecular weight excluding hydrogens is 292 g/mol. The summed E-state index contributed by atoms with van der Waals surface area (Å²) in [6.07, 6.45) is 3.38. The molecule has 0 aromatic carbocycles. The third kappa shape index (κ3) is 3.15. The summed E-state index contributed by atoms with van der Waals surface area (Å²) in [5.74, 6) is 0. The van der Waals surface area contributed by atoms with Crippen molar-refractivity contribution in [1.82, 2.24) is 9.97 Å². The maximum Gasteiger partial charge on any atom is 0.102 e. The lowest BCUT2D eigenvalue weighted by atomic mass is 10.0. The number of rotatable bonds is 3. The second-order valence-corrected chi connectivity index (χ2v) is 5.32. The number of pyridine rings is 2. The van der Waals surface area contributed by atoms with Crippen LogP contribution in [0.2, 0.25) is 0 Å². The fourth-order valence-corrected chi connectivity index (χ4v) is 2.13. The number of aliphatic hydroxyl groups excluding tert-OH is 1. The lowest BCUT2D eigenvalue weighted by Crippen LogP contribution is -2.07. The van der Waals surface area contributed by atoms with Crippen LogP contribution in [0.3, 0.4) is 0 Å². The highest BCUT2D eigenvalue weighted by molar-refractivity contribution is 9.10. The highest BCUT2D eigenvalue weighted by Crippen LogP contribution is 2.20. The molecule has 0 fully saturated rings. The molecule has 18 heavy (non-hydrogen) atoms. The average molecular weight is 307 g/mol. The Kier molecular flexibility index (Phi) is 4.09. The van der Waals surface area contributed by atoms with Crippen molar-refractivity contribution < 1.29 is 5.11 Å². The topological polar surface area (TPSA) is 46.0 Å². The van der Waals surface area contributed by atoms with E-state index in [0.29, 0.717) is 6.42 Å². The van der Waals surface area contributed by atoms with Gasteiger partial charge in [-0.25, -0.2) is 0 Å². The molecule has 2 aromatic rings. The molecule has 1 unspecified atom stereocenters. The van der Waals surface area contributed by atoms with Crippen LogP contribution in [0.25, 0.3) is 0 Å². The molecule has 0 aliphatic carbocycles. The van der Waals surface area contributed by atoms with E-state index >= 15 is 0 Å². The van der Waals surface area contributed by atoms with Crippen LogP contribution in [-0.4, -0.2) is 15.1 Å². The fourth-order valence-electron chi connectivity index (χ4n) is 1.90. The summed E-state index contributed by atoms with van der Waals surface area (Å²) in [7, 11) is 0. The zero-order valence-electron chi connectivity index (χ0n) is 10.4. The van der Waals surface area contributed by atoms with Crippen LogP contribution < -0.4 is 0 Å². The van der Waals surface area contributed by atoms with Crippen molar-refractivity contribution in [3.8, 4) is 0 Å². The van der Waals surface area contributed by atoms with Crippen LogP contribution in [0, 0.1) is 13.8 Å². The first-order valence-electron chi connectivity index (χ1n) is 5.78. The Hall–Kier alpha value is -1.26. The molecule has 1 atom stereocenters. The molecule has 3 nitrogen and oxygen atoms in total. The van der Waals surface area contributed by atoms with Crippen molar-refractivity contribution in [2.45, 2.75) is 26.4 Å². The van der Waals surface area contributed by atoms with Gasteiger partial charge in [0.15, 0.2) is 0 Å². The lowest BCUT2D eigenvalue weighted by molar-refractivity contribution is 0.171. The molecular formula is C14H15BrN2O. The van der Waals surface area contributed by atoms with Gasteiger partial charge in [-0.1, -0.05) is 6.07 Å². The number of aryl methyl sites for hydroxylation is 2. The third-order valence-electron chi connectivity index (χ3n) is 2.76. The largest absolute Gasteiger partial charge is 0.386 e. The number of hydrogen-bond acceptors (Lipinski definition) is 3. The van der Waals surface area contributed by atoms with Gasteiger partial charge in [0.05, 0.1) is 5.69 Å². The van der Waals surface area contributed by atoms with E-state index in [1.54, 1.807) is 12.4 Å². The zero-order valence-corrected chi connectivity index (χ0v) is 12.0. The first-order valence-corrected chi connectivity index (χ1v) is 6.57. The van der Waals surface area contributed by atoms with E-state index in [2.05, 4.69) is 25.9 Å². The molecule has 0 spiro atoms. The molecule has 0 amide bonds. The van der Waals surface area contributed by atoms with Crippen LogP contribution in [-0.2, 0) is 6.42 Å². The van der Waals surface area contributed by atoms with Gasteiger partial charge in [0.25, 0.3) is 0 Å². The van der Waals surface area contributed by atoms with E-state index in [0.717, 1.165) is 27.0 Å². The summed E-state index contributed by atoms with van der Waals surface area (Å²) >= 11 is 3.34. The summed E-state index contributed by atoms with van der Waals surface area (Å²) < 4.78 is 0.936. The van der Waals surface area contributed by atoms with Crippen molar-refractivity contribution >= 4 is 15.9 Å². The van der Waals surface area contributed by atoms with Crippen LogP contribution >= 0.6 is 15.9 Å². The number of nitrogens with zero attached hydrogens (tertiary/aromatic N) is 2. The standard InChI is InChI=1S/C14H15BrN2O/c1-9-5-10(2)14(17-7-9)13(18)6-12-4-3-11(15)8-16-12/h3-5,7-8,13,18H,6H2,1-2H3. The number of aliphatic hydroxyl groups is 1. The van der Waals surface area contributed by atoms with E-state index in [4.69, 9.17) is 0 Å². The first-order chi connectivity index (χ1) is 8.56. The Bertz CT molecular complexity index is 540. The Morgan fingerprint density at radius 3 is 2.61 bits per heavy atom. The Morgan fingerprint density at radius 2 is 2.00 bits per heavy atom. The van der Waals surface area contributed by atoms with Gasteiger partial charge in [0.1, 0.15) is 6.10 Å². The molecule has 1 N–H and O–H groups in total. The second kappa shape index (κ2) is 5.59. The average Bonchev–Trinajstić information content (AvgIpc) is 2.32. The molecule has 0 aliphatic heterocycles. The Balaban J connectivity index is 2.16. The van der Waals surface area contributed by atoms with E-state index in [1.807, 2.05) is 32.0 Å². The minimum atomic E-state index is -0.612. The van der Waals surface area contributed by atoms with Crippen molar-refractivity contribution in [3.63, 3.8) is 0 Å². The van der Waals surface area contributed by atoms with Crippen LogP contribution in [0.1, 0.15) is 28.6 Å². The van der Waals surface area contributed by atoms with Gasteiger partial charge in [-0.15, -0.1) is 0 Å². The maximum atomic E-state index is 10.2. The van der Waals surface area contributed by atoms with Gasteiger partial charge < -0.3 is 5.11 Å². The molecule has 4 heteroatoms. The number of halogens is 1. The Morgan fingerprint density at radius 1 is 1.22 bits per heavy atom.